The van der Waals surface area contributed by atoms with Crippen LogP contribution in [0.2, 0.25) is 0 Å². The molecule has 1 aromatic rings. The molecule has 1 aliphatic rings. The minimum Gasteiger partial charge on any atom is -0.726 e. The van der Waals surface area contributed by atoms with Gasteiger partial charge in [-0.3, -0.25) is 9.35 Å². The van der Waals surface area contributed by atoms with Crippen molar-refractivity contribution in [1.82, 2.24) is 0 Å². The Balaban J connectivity index is 0.000000646. The van der Waals surface area contributed by atoms with Gasteiger partial charge in [0.15, 0.2) is 0 Å². The lowest BCUT2D eigenvalue weighted by Crippen LogP contribution is -2.48. The highest BCUT2D eigenvalue weighted by Gasteiger charge is 2.33. The fourth-order valence-corrected chi connectivity index (χ4v) is 3.19. The molecule has 1 aliphatic heterocycles. The summed E-state index contributed by atoms with van der Waals surface area (Å²) >= 11 is 0. The summed E-state index contributed by atoms with van der Waals surface area (Å²) in [5.41, 5.74) is 1.08. The highest BCUT2D eigenvalue weighted by molar-refractivity contribution is 7.79. The molecule has 1 fully saturated rings. The van der Waals surface area contributed by atoms with E-state index in [4.69, 9.17) is 22.3 Å². The molecular formula is C19H31NO6S. The number of piperidine rings is 1. The first-order valence-electron chi connectivity index (χ1n) is 9.18. The SMILES string of the molecule is CCC(C)C(C(=O)OC1CC[N+](C)(C)CC1)c1ccccc1.O=S(=O)([O-])O. The summed E-state index contributed by atoms with van der Waals surface area (Å²) in [6.45, 7) is 6.43. The quantitative estimate of drug-likeness (QED) is 0.352. The van der Waals surface area contributed by atoms with Gasteiger partial charge in [-0.25, -0.2) is 8.42 Å². The van der Waals surface area contributed by atoms with Crippen molar-refractivity contribution in [1.29, 1.82) is 0 Å². The Morgan fingerprint density at radius 2 is 1.74 bits per heavy atom. The van der Waals surface area contributed by atoms with Crippen LogP contribution in [0.3, 0.4) is 0 Å². The lowest BCUT2D eigenvalue weighted by molar-refractivity contribution is -0.896. The summed E-state index contributed by atoms with van der Waals surface area (Å²) in [7, 11) is -0.437. The topological polar surface area (TPSA) is 104 Å². The van der Waals surface area contributed by atoms with E-state index in [2.05, 4.69) is 27.9 Å². The van der Waals surface area contributed by atoms with E-state index in [1.54, 1.807) is 0 Å². The first-order valence-corrected chi connectivity index (χ1v) is 10.5. The number of likely N-dealkylation sites (tertiary alicyclic amines) is 1. The molecule has 2 unspecified atom stereocenters. The summed E-state index contributed by atoms with van der Waals surface area (Å²) in [4.78, 5) is 12.7. The Hall–Kier alpha value is -1.48. The van der Waals surface area contributed by atoms with Gasteiger partial charge in [-0.05, 0) is 11.5 Å². The van der Waals surface area contributed by atoms with Crippen LogP contribution in [0.4, 0.5) is 0 Å². The van der Waals surface area contributed by atoms with Crippen LogP contribution >= 0.6 is 0 Å². The molecule has 2 atom stereocenters. The molecule has 1 N–H and O–H groups in total. The molecule has 0 bridgehead atoms. The van der Waals surface area contributed by atoms with Gasteiger partial charge in [-0.2, -0.15) is 0 Å². The second-order valence-corrected chi connectivity index (χ2v) is 8.58. The molecule has 8 heteroatoms. The predicted molar refractivity (Wildman–Crippen MR) is 102 cm³/mol. The Morgan fingerprint density at radius 1 is 1.26 bits per heavy atom. The van der Waals surface area contributed by atoms with Crippen LogP contribution in [0.15, 0.2) is 30.3 Å². The van der Waals surface area contributed by atoms with E-state index in [9.17, 15) is 4.79 Å². The molecule has 0 spiro atoms. The van der Waals surface area contributed by atoms with Crippen LogP contribution in [0.25, 0.3) is 0 Å². The summed E-state index contributed by atoms with van der Waals surface area (Å²) in [5.74, 6) is 0.110. The number of rotatable bonds is 5. The summed E-state index contributed by atoms with van der Waals surface area (Å²) in [6, 6.07) is 10.1. The van der Waals surface area contributed by atoms with Crippen molar-refractivity contribution in [3.8, 4) is 0 Å². The first kappa shape index (κ1) is 23.6. The molecule has 0 aliphatic carbocycles. The molecule has 0 saturated carbocycles. The highest BCUT2D eigenvalue weighted by Crippen LogP contribution is 2.30. The monoisotopic (exact) mass is 401 g/mol. The van der Waals surface area contributed by atoms with Crippen molar-refractivity contribution in [3.63, 3.8) is 0 Å². The minimum absolute atomic E-state index is 0.0437. The van der Waals surface area contributed by atoms with E-state index < -0.39 is 10.4 Å². The van der Waals surface area contributed by atoms with Crippen molar-refractivity contribution < 1.29 is 31.5 Å². The zero-order valence-corrected chi connectivity index (χ0v) is 17.3. The van der Waals surface area contributed by atoms with Gasteiger partial charge >= 0.3 is 5.97 Å². The lowest BCUT2D eigenvalue weighted by atomic mass is 9.85. The van der Waals surface area contributed by atoms with Gasteiger partial charge in [0.05, 0.1) is 33.1 Å². The molecule has 1 saturated heterocycles. The Bertz CT molecular complexity index is 671. The van der Waals surface area contributed by atoms with E-state index in [1.807, 2.05) is 30.3 Å². The van der Waals surface area contributed by atoms with Crippen molar-refractivity contribution in [2.45, 2.75) is 45.1 Å². The number of benzene rings is 1. The fourth-order valence-electron chi connectivity index (χ4n) is 3.19. The minimum atomic E-state index is -4.92. The van der Waals surface area contributed by atoms with E-state index in [1.165, 1.54) is 0 Å². The van der Waals surface area contributed by atoms with E-state index in [-0.39, 0.29) is 18.0 Å². The van der Waals surface area contributed by atoms with Crippen LogP contribution in [-0.2, 0) is 19.9 Å². The van der Waals surface area contributed by atoms with E-state index >= 15 is 0 Å². The normalized spacial score (nSPS) is 19.3. The fraction of sp³-hybridized carbons (Fsp3) is 0.632. The number of quaternary nitrogens is 1. The van der Waals surface area contributed by atoms with Crippen molar-refractivity contribution in [2.75, 3.05) is 27.2 Å². The molecule has 0 radical (unpaired) electrons. The molecular weight excluding hydrogens is 370 g/mol. The number of hydrogen-bond donors (Lipinski definition) is 1. The Labute approximate surface area is 162 Å². The van der Waals surface area contributed by atoms with Crippen molar-refractivity contribution in [2.24, 2.45) is 5.92 Å². The summed E-state index contributed by atoms with van der Waals surface area (Å²) in [6.07, 6.45) is 3.01. The van der Waals surface area contributed by atoms with Gasteiger partial charge in [-0.1, -0.05) is 50.6 Å². The molecule has 0 aromatic heterocycles. The van der Waals surface area contributed by atoms with E-state index in [0.29, 0.717) is 5.92 Å². The van der Waals surface area contributed by atoms with Crippen LogP contribution in [0.1, 0.15) is 44.6 Å². The second kappa shape index (κ2) is 10.2. The third-order valence-corrected chi connectivity index (χ3v) is 5.02. The maximum Gasteiger partial charge on any atom is 0.313 e. The van der Waals surface area contributed by atoms with Crippen LogP contribution in [0.5, 0.6) is 0 Å². The number of ether oxygens (including phenoxy) is 1. The molecule has 154 valence electrons. The predicted octanol–water partition coefficient (Wildman–Crippen LogP) is 2.60. The van der Waals surface area contributed by atoms with Crippen molar-refractivity contribution in [3.05, 3.63) is 35.9 Å². The van der Waals surface area contributed by atoms with Crippen LogP contribution in [0, 0.1) is 5.92 Å². The maximum atomic E-state index is 12.7. The van der Waals surface area contributed by atoms with Gasteiger partial charge in [0.1, 0.15) is 6.10 Å². The van der Waals surface area contributed by atoms with Gasteiger partial charge in [-0.15, -0.1) is 0 Å². The molecule has 27 heavy (non-hydrogen) atoms. The molecule has 0 amide bonds. The maximum absolute atomic E-state index is 12.7. The van der Waals surface area contributed by atoms with Gasteiger partial charge in [0, 0.05) is 12.8 Å². The summed E-state index contributed by atoms with van der Waals surface area (Å²) < 4.78 is 39.7. The van der Waals surface area contributed by atoms with Crippen molar-refractivity contribution >= 4 is 16.4 Å². The second-order valence-electron chi connectivity index (χ2n) is 7.72. The van der Waals surface area contributed by atoms with E-state index in [0.717, 1.165) is 42.4 Å². The molecule has 7 nitrogen and oxygen atoms in total. The Kier molecular flexibility index (Phi) is 8.87. The molecule has 2 rings (SSSR count). The van der Waals surface area contributed by atoms with Crippen LogP contribution in [-0.4, -0.2) is 61.3 Å². The van der Waals surface area contributed by atoms with Gasteiger partial charge in [0.25, 0.3) is 0 Å². The van der Waals surface area contributed by atoms with Crippen LogP contribution < -0.4 is 0 Å². The zero-order chi connectivity index (χ0) is 20.7. The third-order valence-electron chi connectivity index (χ3n) is 5.02. The Morgan fingerprint density at radius 3 is 2.19 bits per heavy atom. The number of carbonyl (C=O) groups excluding carboxylic acids is 1. The molecule has 1 heterocycles. The number of esters is 1. The highest BCUT2D eigenvalue weighted by atomic mass is 32.3. The average Bonchev–Trinajstić information content (AvgIpc) is 2.56. The lowest BCUT2D eigenvalue weighted by Gasteiger charge is -2.37. The third kappa shape index (κ3) is 9.32. The number of hydrogen-bond acceptors (Lipinski definition) is 5. The standard InChI is InChI=1S/C19H30NO2.H2O4S/c1-5-15(2)18(16-9-7-6-8-10-16)19(21)22-17-11-13-20(3,4)14-12-17;1-5(2,3)4/h6-10,15,17-18H,5,11-14H2,1-4H3;(H2,1,2,3,4)/q+1;/p-1. The number of carbonyl (C=O) groups is 1. The van der Waals surface area contributed by atoms with Gasteiger partial charge < -0.3 is 13.8 Å². The largest absolute Gasteiger partial charge is 0.726 e. The van der Waals surface area contributed by atoms with Gasteiger partial charge in [0.2, 0.25) is 10.4 Å². The smallest absolute Gasteiger partial charge is 0.313 e. The zero-order valence-electron chi connectivity index (χ0n) is 16.5. The first-order chi connectivity index (χ1) is 12.4. The average molecular weight is 402 g/mol. The summed E-state index contributed by atoms with van der Waals surface area (Å²) in [5, 5.41) is 0. The molecule has 1 aromatic carbocycles. The number of nitrogens with zero attached hydrogens (tertiary/aromatic N) is 1.